The maximum atomic E-state index is 13.9. The van der Waals surface area contributed by atoms with Gasteiger partial charge >= 0.3 is 12.0 Å². The van der Waals surface area contributed by atoms with Crippen LogP contribution in [0.25, 0.3) is 0 Å². The monoisotopic (exact) mass is 691 g/mol. The molecule has 2 amide bonds. The van der Waals surface area contributed by atoms with Crippen molar-refractivity contribution in [1.82, 2.24) is 15.1 Å². The molecule has 1 aromatic rings. The van der Waals surface area contributed by atoms with E-state index in [9.17, 15) is 24.9 Å². The molecule has 14 atom stereocenters. The number of fused-ring (bicyclic) bond motifs is 2. The highest BCUT2D eigenvalue weighted by molar-refractivity contribution is 5.75. The summed E-state index contributed by atoms with van der Waals surface area (Å²) >= 11 is 0. The minimum atomic E-state index is -1.87. The molecule has 12 nitrogen and oxygen atoms in total. The largest absolute Gasteiger partial charge is 0.459 e. The molecule has 4 rings (SSSR count). The number of urea groups is 1. The summed E-state index contributed by atoms with van der Waals surface area (Å²) in [4.78, 5) is 31.1. The van der Waals surface area contributed by atoms with Crippen LogP contribution >= 0.6 is 0 Å². The first-order chi connectivity index (χ1) is 22.9. The highest BCUT2D eigenvalue weighted by Crippen LogP contribution is 2.46. The Balaban J connectivity index is 1.70. The third-order valence-electron chi connectivity index (χ3n) is 11.1. The van der Waals surface area contributed by atoms with Gasteiger partial charge in [-0.2, -0.15) is 0 Å². The molecule has 1 aromatic carbocycles. The van der Waals surface area contributed by atoms with Crippen molar-refractivity contribution in [2.45, 2.75) is 147 Å². The molecule has 2 unspecified atom stereocenters. The maximum absolute atomic E-state index is 13.9. The van der Waals surface area contributed by atoms with Crippen LogP contribution in [0.4, 0.5) is 4.79 Å². The molecule has 0 aliphatic carbocycles. The Labute approximate surface area is 292 Å². The zero-order chi connectivity index (χ0) is 36.4. The van der Waals surface area contributed by atoms with Crippen LogP contribution in [0.15, 0.2) is 30.3 Å². The standard InChI is InChI=1S/C37H61N3O9/c1-11-28-37(8,45)31(42)25(6)40(35(44)38-19-26-15-13-12-14-16-26)20-21(2)18-36(7)32(23(4)30(49-36)24(5)33(43)47-28)48-34-29(41)27(39(9)10)17-22(3)46-34/h12-16,21-25,27-32,34,41-42,45H,11,17-20H2,1-10H3,(H,38,44)/t21-,22-,23+,24-,25-,27+,28-,29-,30?,31-,32-,34+,36?,37-/m1/s1. The van der Waals surface area contributed by atoms with Gasteiger partial charge in [-0.3, -0.25) is 4.79 Å². The number of likely N-dealkylation sites (N-methyl/N-ethyl adjacent to an activating group) is 1. The maximum Gasteiger partial charge on any atom is 0.318 e. The van der Waals surface area contributed by atoms with Gasteiger partial charge in [0.25, 0.3) is 0 Å². The van der Waals surface area contributed by atoms with Gasteiger partial charge in [-0.05, 0) is 79.5 Å². The van der Waals surface area contributed by atoms with Crippen LogP contribution in [0, 0.1) is 17.8 Å². The van der Waals surface area contributed by atoms with E-state index in [1.807, 2.05) is 77.0 Å². The van der Waals surface area contributed by atoms with Crippen LogP contribution in [0.3, 0.4) is 0 Å². The number of cyclic esters (lactones) is 1. The van der Waals surface area contributed by atoms with Crippen molar-refractivity contribution in [2.75, 3.05) is 20.6 Å². The molecule has 0 aromatic heterocycles. The predicted molar refractivity (Wildman–Crippen MR) is 184 cm³/mol. The van der Waals surface area contributed by atoms with E-state index in [0.29, 0.717) is 12.8 Å². The topological polar surface area (TPSA) is 150 Å². The van der Waals surface area contributed by atoms with Crippen molar-refractivity contribution in [2.24, 2.45) is 17.8 Å². The van der Waals surface area contributed by atoms with Crippen molar-refractivity contribution in [3.63, 3.8) is 0 Å². The number of hydrogen-bond donors (Lipinski definition) is 4. The molecule has 3 aliphatic heterocycles. The lowest BCUT2D eigenvalue weighted by atomic mass is 9.82. The molecule has 3 fully saturated rings. The van der Waals surface area contributed by atoms with Gasteiger partial charge in [-0.1, -0.05) is 51.1 Å². The van der Waals surface area contributed by atoms with Crippen molar-refractivity contribution in [1.29, 1.82) is 0 Å². The van der Waals surface area contributed by atoms with Gasteiger partial charge in [-0.15, -0.1) is 0 Å². The van der Waals surface area contributed by atoms with E-state index in [1.54, 1.807) is 25.7 Å². The van der Waals surface area contributed by atoms with Crippen LogP contribution in [-0.4, -0.2) is 124 Å². The number of aliphatic hydroxyl groups is 3. The average Bonchev–Trinajstić information content (AvgIpc) is 3.29. The first-order valence-corrected chi connectivity index (χ1v) is 17.9. The second-order valence-corrected chi connectivity index (χ2v) is 15.5. The lowest BCUT2D eigenvalue weighted by Gasteiger charge is -2.45. The Morgan fingerprint density at radius 3 is 2.37 bits per heavy atom. The summed E-state index contributed by atoms with van der Waals surface area (Å²) in [6.07, 6.45) is -4.35. The number of esters is 1. The minimum Gasteiger partial charge on any atom is -0.459 e. The average molecular weight is 692 g/mol. The lowest BCUT2D eigenvalue weighted by molar-refractivity contribution is -0.283. The molecule has 0 spiro atoms. The second-order valence-electron chi connectivity index (χ2n) is 15.5. The number of nitrogens with one attached hydrogen (secondary N) is 1. The van der Waals surface area contributed by atoms with Crippen molar-refractivity contribution < 1.29 is 43.9 Å². The molecule has 0 saturated carbocycles. The summed E-state index contributed by atoms with van der Waals surface area (Å²) < 4.78 is 25.6. The molecule has 0 radical (unpaired) electrons. The molecule has 49 heavy (non-hydrogen) atoms. The SMILES string of the molecule is CC[C@H]1OC(=O)[C@H](C)C2OC(C)(C[C@@H](C)CN(C(=O)NCc3ccccc3)[C@H](C)[C@@H](O)[C@]1(C)O)[C@H](O[C@@H]1O[C@H](C)C[C@H](N(C)C)[C@H]1O)[C@H]2C. The van der Waals surface area contributed by atoms with E-state index in [4.69, 9.17) is 18.9 Å². The molecule has 3 heterocycles. The first-order valence-electron chi connectivity index (χ1n) is 17.9. The van der Waals surface area contributed by atoms with Gasteiger partial charge in [0.15, 0.2) is 6.29 Å². The molecule has 4 N–H and O–H groups in total. The van der Waals surface area contributed by atoms with E-state index >= 15 is 0 Å². The summed E-state index contributed by atoms with van der Waals surface area (Å²) in [6.45, 7) is 15.1. The second kappa shape index (κ2) is 15.9. The number of hydrogen-bond acceptors (Lipinski definition) is 10. The highest BCUT2D eigenvalue weighted by atomic mass is 16.7. The van der Waals surface area contributed by atoms with Gasteiger partial charge in [0.1, 0.15) is 23.9 Å². The first kappa shape index (κ1) is 39.5. The van der Waals surface area contributed by atoms with Gasteiger partial charge in [0.2, 0.25) is 0 Å². The van der Waals surface area contributed by atoms with Crippen LogP contribution in [0.2, 0.25) is 0 Å². The third-order valence-corrected chi connectivity index (χ3v) is 11.1. The fourth-order valence-electron chi connectivity index (χ4n) is 8.25. The molecule has 12 heteroatoms. The Kier molecular flexibility index (Phi) is 12.8. The quantitative estimate of drug-likeness (QED) is 0.328. The number of nitrogens with zero attached hydrogens (tertiary/aromatic N) is 2. The van der Waals surface area contributed by atoms with E-state index in [0.717, 1.165) is 5.56 Å². The number of rotatable bonds is 6. The van der Waals surface area contributed by atoms with E-state index in [-0.39, 0.29) is 43.5 Å². The van der Waals surface area contributed by atoms with E-state index < -0.39 is 72.0 Å². The Hall–Kier alpha value is -2.32. The molecule has 278 valence electrons. The van der Waals surface area contributed by atoms with Crippen LogP contribution in [-0.2, 0) is 30.3 Å². The minimum absolute atomic E-state index is 0.149. The Morgan fingerprint density at radius 2 is 1.76 bits per heavy atom. The predicted octanol–water partition coefficient (Wildman–Crippen LogP) is 3.30. The lowest BCUT2D eigenvalue weighted by Crippen LogP contribution is -2.61. The van der Waals surface area contributed by atoms with Crippen LogP contribution in [0.5, 0.6) is 0 Å². The Bertz CT molecular complexity index is 1250. The molecule has 2 bridgehead atoms. The molecular formula is C37H61N3O9. The number of carbonyl (C=O) groups excluding carboxylic acids is 2. The van der Waals surface area contributed by atoms with Crippen molar-refractivity contribution in [3.8, 4) is 0 Å². The number of amides is 2. The van der Waals surface area contributed by atoms with E-state index in [2.05, 4.69) is 5.32 Å². The third kappa shape index (κ3) is 8.60. The van der Waals surface area contributed by atoms with Gasteiger partial charge < -0.3 is 49.4 Å². The van der Waals surface area contributed by atoms with Gasteiger partial charge in [-0.25, -0.2) is 4.79 Å². The zero-order valence-corrected chi connectivity index (χ0v) is 31.0. The Morgan fingerprint density at radius 1 is 1.10 bits per heavy atom. The summed E-state index contributed by atoms with van der Waals surface area (Å²) in [5.41, 5.74) is -1.89. The summed E-state index contributed by atoms with van der Waals surface area (Å²) in [7, 11) is 3.85. The highest BCUT2D eigenvalue weighted by Gasteiger charge is 2.57. The molecule has 3 saturated heterocycles. The van der Waals surface area contributed by atoms with Crippen molar-refractivity contribution in [3.05, 3.63) is 35.9 Å². The molecular weight excluding hydrogens is 630 g/mol. The van der Waals surface area contributed by atoms with E-state index in [1.165, 1.54) is 6.92 Å². The normalized spacial score (nSPS) is 42.4. The number of carbonyl (C=O) groups is 2. The number of aliphatic hydroxyl groups excluding tert-OH is 2. The number of ether oxygens (including phenoxy) is 4. The van der Waals surface area contributed by atoms with Crippen LogP contribution in [0.1, 0.15) is 80.2 Å². The van der Waals surface area contributed by atoms with Gasteiger partial charge in [0.05, 0.1) is 35.9 Å². The smallest absolute Gasteiger partial charge is 0.318 e. The number of benzene rings is 1. The van der Waals surface area contributed by atoms with Crippen LogP contribution < -0.4 is 5.32 Å². The fraction of sp³-hybridized carbons (Fsp3) is 0.784. The summed E-state index contributed by atoms with van der Waals surface area (Å²) in [5, 5.41) is 37.7. The fourth-order valence-corrected chi connectivity index (χ4v) is 8.25. The zero-order valence-electron chi connectivity index (χ0n) is 31.0. The van der Waals surface area contributed by atoms with Crippen molar-refractivity contribution >= 4 is 12.0 Å². The summed E-state index contributed by atoms with van der Waals surface area (Å²) in [5.74, 6) is -1.79. The summed E-state index contributed by atoms with van der Waals surface area (Å²) in [6, 6.07) is 8.11. The van der Waals surface area contributed by atoms with Gasteiger partial charge in [0, 0.05) is 25.0 Å². The molecule has 3 aliphatic rings.